The Morgan fingerprint density at radius 3 is 2.50 bits per heavy atom. The molecule has 2 aromatic rings. The van der Waals surface area contributed by atoms with Crippen LogP contribution in [0.5, 0.6) is 5.75 Å². The van der Waals surface area contributed by atoms with E-state index in [1.807, 2.05) is 0 Å². The summed E-state index contributed by atoms with van der Waals surface area (Å²) in [5.74, 6) is -0.478. The van der Waals surface area contributed by atoms with Crippen LogP contribution in [0.1, 0.15) is 0 Å². The maximum atomic E-state index is 12.2. The molecule has 2 rings (SSSR count). The zero-order valence-corrected chi connectivity index (χ0v) is 9.51. The summed E-state index contributed by atoms with van der Waals surface area (Å²) in [5, 5.41) is 0.287. The number of halogens is 4. The fourth-order valence-corrected chi connectivity index (χ4v) is 1.74. The van der Waals surface area contributed by atoms with E-state index < -0.39 is 12.1 Å². The fraction of sp³-hybridized carbons (Fsp3) is 0.100. The van der Waals surface area contributed by atoms with Crippen LogP contribution in [0.3, 0.4) is 0 Å². The minimum atomic E-state index is -4.82. The molecule has 4 nitrogen and oxygen atoms in total. The number of benzene rings is 1. The van der Waals surface area contributed by atoms with E-state index in [0.717, 1.165) is 12.3 Å². The molecule has 96 valence electrons. The Morgan fingerprint density at radius 2 is 1.89 bits per heavy atom. The van der Waals surface area contributed by atoms with Crippen molar-refractivity contribution in [2.24, 2.45) is 0 Å². The van der Waals surface area contributed by atoms with Crippen LogP contribution in [-0.4, -0.2) is 11.3 Å². The van der Waals surface area contributed by atoms with Gasteiger partial charge in [0.05, 0.1) is 22.6 Å². The molecule has 0 aliphatic carbocycles. The molecule has 1 aromatic heterocycles. The molecule has 0 radical (unpaired) electrons. The fourth-order valence-electron chi connectivity index (χ4n) is 1.49. The number of fused-ring (bicyclic) bond motifs is 1. The first kappa shape index (κ1) is 12.6. The molecule has 1 aromatic carbocycles. The highest BCUT2D eigenvalue weighted by Crippen LogP contribution is 2.37. The lowest BCUT2D eigenvalue weighted by molar-refractivity contribution is -0.274. The minimum Gasteiger partial charge on any atom is -0.403 e. The maximum Gasteiger partial charge on any atom is 0.573 e. The molecule has 0 aliphatic heterocycles. The lowest BCUT2D eigenvalue weighted by Gasteiger charge is -2.13. The van der Waals surface area contributed by atoms with Crippen molar-refractivity contribution >= 4 is 33.9 Å². The highest BCUT2D eigenvalue weighted by Gasteiger charge is 2.32. The largest absolute Gasteiger partial charge is 0.573 e. The molecule has 0 aliphatic rings. The number of alkyl halides is 3. The van der Waals surface area contributed by atoms with Gasteiger partial charge in [-0.15, -0.1) is 13.2 Å². The number of aromatic nitrogens is 1. The van der Waals surface area contributed by atoms with E-state index in [1.54, 1.807) is 0 Å². The first-order valence-corrected chi connectivity index (χ1v) is 5.05. The lowest BCUT2D eigenvalue weighted by Crippen LogP contribution is -2.17. The molecule has 0 amide bonds. The molecule has 0 saturated carbocycles. The van der Waals surface area contributed by atoms with Gasteiger partial charge in [-0.2, -0.15) is 0 Å². The third-order valence-electron chi connectivity index (χ3n) is 2.23. The SMILES string of the molecule is Nc1cnc2c(OC(F)(F)F)ccc(Cl)c2c1N. The predicted octanol–water partition coefficient (Wildman–Crippen LogP) is 2.95. The Balaban J connectivity index is 2.72. The van der Waals surface area contributed by atoms with Crippen molar-refractivity contribution in [1.29, 1.82) is 0 Å². The van der Waals surface area contributed by atoms with Crippen LogP contribution in [0.4, 0.5) is 24.5 Å². The Kier molecular flexibility index (Phi) is 2.86. The molecular formula is C10H7ClF3N3O. The quantitative estimate of drug-likeness (QED) is 0.840. The van der Waals surface area contributed by atoms with Crippen molar-refractivity contribution in [3.05, 3.63) is 23.4 Å². The second kappa shape index (κ2) is 4.09. The van der Waals surface area contributed by atoms with Gasteiger partial charge in [0, 0.05) is 5.39 Å². The topological polar surface area (TPSA) is 74.2 Å². The zero-order valence-electron chi connectivity index (χ0n) is 8.75. The third kappa shape index (κ3) is 2.21. The van der Waals surface area contributed by atoms with E-state index in [9.17, 15) is 13.2 Å². The molecule has 1 heterocycles. The molecule has 0 bridgehead atoms. The Hall–Kier alpha value is -1.89. The molecular weight excluding hydrogens is 271 g/mol. The van der Waals surface area contributed by atoms with Gasteiger partial charge in [-0.1, -0.05) is 11.6 Å². The summed E-state index contributed by atoms with van der Waals surface area (Å²) in [6, 6.07) is 2.31. The lowest BCUT2D eigenvalue weighted by atomic mass is 10.1. The Labute approximate surface area is 104 Å². The number of nitrogens with two attached hydrogens (primary N) is 2. The van der Waals surface area contributed by atoms with Gasteiger partial charge in [0.15, 0.2) is 5.75 Å². The number of rotatable bonds is 1. The number of anilines is 2. The Bertz CT molecular complexity index is 615. The molecule has 0 saturated heterocycles. The normalized spacial score (nSPS) is 11.8. The summed E-state index contributed by atoms with van der Waals surface area (Å²) >= 11 is 5.87. The number of nitrogen functional groups attached to an aromatic ring is 2. The van der Waals surface area contributed by atoms with Gasteiger partial charge in [0.1, 0.15) is 5.52 Å². The molecule has 18 heavy (non-hydrogen) atoms. The van der Waals surface area contributed by atoms with Crippen molar-refractivity contribution < 1.29 is 17.9 Å². The van der Waals surface area contributed by atoms with Gasteiger partial charge in [-0.25, -0.2) is 4.98 Å². The summed E-state index contributed by atoms with van der Waals surface area (Å²) in [6.07, 6.45) is -3.67. The van der Waals surface area contributed by atoms with E-state index >= 15 is 0 Å². The number of hydrogen-bond donors (Lipinski definition) is 2. The highest BCUT2D eigenvalue weighted by atomic mass is 35.5. The zero-order chi connectivity index (χ0) is 13.5. The molecule has 8 heteroatoms. The van der Waals surface area contributed by atoms with Crippen molar-refractivity contribution in [3.8, 4) is 5.75 Å². The van der Waals surface area contributed by atoms with E-state index in [1.165, 1.54) is 6.07 Å². The van der Waals surface area contributed by atoms with Crippen LogP contribution in [0.15, 0.2) is 18.3 Å². The summed E-state index contributed by atoms with van der Waals surface area (Å²) < 4.78 is 40.5. The molecule has 0 fully saturated rings. The van der Waals surface area contributed by atoms with E-state index in [-0.39, 0.29) is 27.3 Å². The van der Waals surface area contributed by atoms with Crippen molar-refractivity contribution in [3.63, 3.8) is 0 Å². The third-order valence-corrected chi connectivity index (χ3v) is 2.54. The van der Waals surface area contributed by atoms with Crippen LogP contribution in [0, 0.1) is 0 Å². The minimum absolute atomic E-state index is 0.0672. The summed E-state index contributed by atoms with van der Waals surface area (Å²) in [5.41, 5.74) is 11.3. The molecule has 0 spiro atoms. The maximum absolute atomic E-state index is 12.2. The van der Waals surface area contributed by atoms with E-state index in [0.29, 0.717) is 0 Å². The first-order valence-electron chi connectivity index (χ1n) is 4.67. The van der Waals surface area contributed by atoms with Crippen LogP contribution in [0.25, 0.3) is 10.9 Å². The second-order valence-electron chi connectivity index (χ2n) is 3.44. The van der Waals surface area contributed by atoms with Gasteiger partial charge in [0.2, 0.25) is 0 Å². The Morgan fingerprint density at radius 1 is 1.22 bits per heavy atom. The molecule has 4 N–H and O–H groups in total. The number of hydrogen-bond acceptors (Lipinski definition) is 4. The van der Waals surface area contributed by atoms with Crippen molar-refractivity contribution in [2.45, 2.75) is 6.36 Å². The number of pyridine rings is 1. The first-order chi connectivity index (χ1) is 8.29. The summed E-state index contributed by atoms with van der Waals surface area (Å²) in [4.78, 5) is 3.77. The monoisotopic (exact) mass is 277 g/mol. The average molecular weight is 278 g/mol. The van der Waals surface area contributed by atoms with Crippen LogP contribution < -0.4 is 16.2 Å². The smallest absolute Gasteiger partial charge is 0.403 e. The highest BCUT2D eigenvalue weighted by molar-refractivity contribution is 6.37. The van der Waals surface area contributed by atoms with Crippen LogP contribution >= 0.6 is 11.6 Å². The standard InChI is InChI=1S/C10H7ClF3N3O/c11-4-1-2-6(18-10(12,13)14)9-7(4)8(16)5(15)3-17-9/h1-3H,15H2,(H2,16,17). The van der Waals surface area contributed by atoms with Gasteiger partial charge >= 0.3 is 6.36 Å². The summed E-state index contributed by atoms with van der Waals surface area (Å²) in [7, 11) is 0. The van der Waals surface area contributed by atoms with Gasteiger partial charge in [-0.3, -0.25) is 0 Å². The molecule has 0 unspecified atom stereocenters. The number of nitrogens with zero attached hydrogens (tertiary/aromatic N) is 1. The molecule has 0 atom stereocenters. The van der Waals surface area contributed by atoms with Crippen molar-refractivity contribution in [2.75, 3.05) is 11.5 Å². The summed E-state index contributed by atoms with van der Waals surface area (Å²) in [6.45, 7) is 0. The second-order valence-corrected chi connectivity index (χ2v) is 3.85. The van der Waals surface area contributed by atoms with Gasteiger partial charge in [-0.05, 0) is 12.1 Å². The van der Waals surface area contributed by atoms with Crippen LogP contribution in [-0.2, 0) is 0 Å². The predicted molar refractivity (Wildman–Crippen MR) is 62.3 cm³/mol. The van der Waals surface area contributed by atoms with Gasteiger partial charge in [0.25, 0.3) is 0 Å². The van der Waals surface area contributed by atoms with Gasteiger partial charge < -0.3 is 16.2 Å². The van der Waals surface area contributed by atoms with E-state index in [4.69, 9.17) is 23.1 Å². The van der Waals surface area contributed by atoms with E-state index in [2.05, 4.69) is 9.72 Å². The van der Waals surface area contributed by atoms with Crippen LogP contribution in [0.2, 0.25) is 5.02 Å². The van der Waals surface area contributed by atoms with Crippen molar-refractivity contribution in [1.82, 2.24) is 4.98 Å². The number of ether oxygens (including phenoxy) is 1. The average Bonchev–Trinajstić information content (AvgIpc) is 2.25.